The summed E-state index contributed by atoms with van der Waals surface area (Å²) in [6.45, 7) is 0.503. The fraction of sp³-hybridized carbons (Fsp3) is 0.143. The zero-order valence-corrected chi connectivity index (χ0v) is 10.4. The molecule has 2 rings (SSSR count). The SMILES string of the molecule is COCc1cccc(Oc2ccc(C(=O)O)cn2)c1. The first-order chi connectivity index (χ1) is 9.19. The number of hydrogen-bond donors (Lipinski definition) is 1. The zero-order chi connectivity index (χ0) is 13.7. The number of methoxy groups -OCH3 is 1. The van der Waals surface area contributed by atoms with Crippen LogP contribution >= 0.6 is 0 Å². The van der Waals surface area contributed by atoms with E-state index < -0.39 is 5.97 Å². The number of hydrogen-bond acceptors (Lipinski definition) is 4. The Morgan fingerprint density at radius 3 is 2.79 bits per heavy atom. The van der Waals surface area contributed by atoms with Gasteiger partial charge in [-0.25, -0.2) is 9.78 Å². The highest BCUT2D eigenvalue weighted by atomic mass is 16.5. The number of rotatable bonds is 5. The van der Waals surface area contributed by atoms with E-state index in [1.807, 2.05) is 18.2 Å². The van der Waals surface area contributed by atoms with Crippen molar-refractivity contribution in [2.45, 2.75) is 6.61 Å². The molecule has 1 aromatic heterocycles. The van der Waals surface area contributed by atoms with Crippen LogP contribution in [0.3, 0.4) is 0 Å². The molecule has 0 saturated carbocycles. The minimum Gasteiger partial charge on any atom is -0.478 e. The number of nitrogens with zero attached hydrogens (tertiary/aromatic N) is 1. The van der Waals surface area contributed by atoms with Crippen LogP contribution in [0.5, 0.6) is 11.6 Å². The lowest BCUT2D eigenvalue weighted by atomic mass is 10.2. The summed E-state index contributed by atoms with van der Waals surface area (Å²) in [6, 6.07) is 10.4. The lowest BCUT2D eigenvalue weighted by molar-refractivity contribution is 0.0696. The molecule has 5 heteroatoms. The molecule has 0 aliphatic heterocycles. The second kappa shape index (κ2) is 5.97. The van der Waals surface area contributed by atoms with Crippen LogP contribution in [-0.4, -0.2) is 23.2 Å². The van der Waals surface area contributed by atoms with E-state index in [4.69, 9.17) is 14.6 Å². The van der Waals surface area contributed by atoms with Crippen molar-refractivity contribution >= 4 is 5.97 Å². The molecule has 1 heterocycles. The summed E-state index contributed by atoms with van der Waals surface area (Å²) in [5, 5.41) is 8.77. The van der Waals surface area contributed by atoms with Crippen LogP contribution in [0, 0.1) is 0 Å². The van der Waals surface area contributed by atoms with Gasteiger partial charge >= 0.3 is 5.97 Å². The van der Waals surface area contributed by atoms with Crippen LogP contribution in [-0.2, 0) is 11.3 Å². The maximum absolute atomic E-state index is 10.7. The van der Waals surface area contributed by atoms with E-state index in [1.165, 1.54) is 18.3 Å². The molecule has 2 aromatic rings. The lowest BCUT2D eigenvalue weighted by Crippen LogP contribution is -1.97. The Morgan fingerprint density at radius 1 is 1.32 bits per heavy atom. The van der Waals surface area contributed by atoms with E-state index in [0.29, 0.717) is 18.2 Å². The quantitative estimate of drug-likeness (QED) is 0.894. The Bertz CT molecular complexity index is 566. The summed E-state index contributed by atoms with van der Waals surface area (Å²) in [6.07, 6.45) is 1.26. The van der Waals surface area contributed by atoms with Crippen LogP contribution in [0.15, 0.2) is 42.6 Å². The van der Waals surface area contributed by atoms with Crippen LogP contribution < -0.4 is 4.74 Å². The van der Waals surface area contributed by atoms with Crippen molar-refractivity contribution in [3.63, 3.8) is 0 Å². The molecule has 5 nitrogen and oxygen atoms in total. The van der Waals surface area contributed by atoms with Gasteiger partial charge in [0.25, 0.3) is 0 Å². The predicted octanol–water partition coefficient (Wildman–Crippen LogP) is 2.72. The summed E-state index contributed by atoms with van der Waals surface area (Å²) in [5.41, 5.74) is 1.11. The molecule has 19 heavy (non-hydrogen) atoms. The van der Waals surface area contributed by atoms with Gasteiger partial charge in [-0.1, -0.05) is 12.1 Å². The first-order valence-corrected chi connectivity index (χ1v) is 5.64. The summed E-state index contributed by atoms with van der Waals surface area (Å²) < 4.78 is 10.6. The van der Waals surface area contributed by atoms with Gasteiger partial charge in [0.2, 0.25) is 5.88 Å². The molecule has 0 saturated heterocycles. The lowest BCUT2D eigenvalue weighted by Gasteiger charge is -2.06. The molecular weight excluding hydrogens is 246 g/mol. The Balaban J connectivity index is 2.12. The molecule has 0 aliphatic rings. The number of benzene rings is 1. The van der Waals surface area contributed by atoms with Crippen LogP contribution in [0.4, 0.5) is 0 Å². The number of carbonyl (C=O) groups is 1. The molecule has 0 fully saturated rings. The van der Waals surface area contributed by atoms with Gasteiger partial charge in [0.05, 0.1) is 12.2 Å². The average molecular weight is 259 g/mol. The van der Waals surface area contributed by atoms with Crippen molar-refractivity contribution in [3.8, 4) is 11.6 Å². The molecule has 1 N–H and O–H groups in total. The molecule has 0 bridgehead atoms. The molecular formula is C14H13NO4. The van der Waals surface area contributed by atoms with E-state index in [0.717, 1.165) is 5.56 Å². The monoisotopic (exact) mass is 259 g/mol. The van der Waals surface area contributed by atoms with Crippen molar-refractivity contribution in [1.82, 2.24) is 4.98 Å². The topological polar surface area (TPSA) is 68.7 Å². The highest BCUT2D eigenvalue weighted by Crippen LogP contribution is 2.20. The Labute approximate surface area is 110 Å². The van der Waals surface area contributed by atoms with Gasteiger partial charge in [0.1, 0.15) is 5.75 Å². The molecule has 0 aliphatic carbocycles. The maximum atomic E-state index is 10.7. The summed E-state index contributed by atoms with van der Waals surface area (Å²) in [4.78, 5) is 14.6. The van der Waals surface area contributed by atoms with E-state index in [1.54, 1.807) is 13.2 Å². The molecule has 0 atom stereocenters. The van der Waals surface area contributed by atoms with Crippen molar-refractivity contribution in [3.05, 3.63) is 53.7 Å². The van der Waals surface area contributed by atoms with E-state index in [2.05, 4.69) is 4.98 Å². The standard InChI is InChI=1S/C14H13NO4/c1-18-9-10-3-2-4-12(7-10)19-13-6-5-11(8-15-13)14(16)17/h2-8H,9H2,1H3,(H,16,17). The Hall–Kier alpha value is -2.40. The predicted molar refractivity (Wildman–Crippen MR) is 68.4 cm³/mol. The normalized spacial score (nSPS) is 10.2. The smallest absolute Gasteiger partial charge is 0.337 e. The summed E-state index contributed by atoms with van der Waals surface area (Å²) in [7, 11) is 1.62. The molecule has 0 unspecified atom stereocenters. The van der Waals surface area contributed by atoms with Crippen molar-refractivity contribution in [2.24, 2.45) is 0 Å². The van der Waals surface area contributed by atoms with Crippen molar-refractivity contribution < 1.29 is 19.4 Å². The number of carboxylic acid groups (broad SMARTS) is 1. The molecule has 1 aromatic carbocycles. The highest BCUT2D eigenvalue weighted by molar-refractivity contribution is 5.87. The fourth-order valence-corrected chi connectivity index (χ4v) is 1.55. The Morgan fingerprint density at radius 2 is 2.16 bits per heavy atom. The molecule has 0 amide bonds. The maximum Gasteiger partial charge on any atom is 0.337 e. The van der Waals surface area contributed by atoms with Gasteiger partial charge in [-0.05, 0) is 23.8 Å². The fourth-order valence-electron chi connectivity index (χ4n) is 1.55. The minimum absolute atomic E-state index is 0.125. The van der Waals surface area contributed by atoms with E-state index in [9.17, 15) is 4.79 Å². The number of pyridine rings is 1. The highest BCUT2D eigenvalue weighted by Gasteiger charge is 2.04. The number of aromatic nitrogens is 1. The second-order valence-electron chi connectivity index (χ2n) is 3.87. The molecule has 0 spiro atoms. The largest absolute Gasteiger partial charge is 0.478 e. The van der Waals surface area contributed by atoms with Gasteiger partial charge < -0.3 is 14.6 Å². The van der Waals surface area contributed by atoms with E-state index in [-0.39, 0.29) is 5.56 Å². The number of carboxylic acids is 1. The van der Waals surface area contributed by atoms with Gasteiger partial charge in [-0.2, -0.15) is 0 Å². The van der Waals surface area contributed by atoms with Crippen molar-refractivity contribution in [2.75, 3.05) is 7.11 Å². The number of ether oxygens (including phenoxy) is 2. The van der Waals surface area contributed by atoms with Gasteiger partial charge in [-0.3, -0.25) is 0 Å². The third-order valence-corrected chi connectivity index (χ3v) is 2.42. The van der Waals surface area contributed by atoms with Gasteiger partial charge in [-0.15, -0.1) is 0 Å². The Kier molecular flexibility index (Phi) is 4.10. The third-order valence-electron chi connectivity index (χ3n) is 2.42. The third kappa shape index (κ3) is 3.53. The van der Waals surface area contributed by atoms with Crippen LogP contribution in [0.2, 0.25) is 0 Å². The first-order valence-electron chi connectivity index (χ1n) is 5.64. The minimum atomic E-state index is -1.01. The summed E-state index contributed by atoms with van der Waals surface area (Å²) >= 11 is 0. The van der Waals surface area contributed by atoms with E-state index >= 15 is 0 Å². The van der Waals surface area contributed by atoms with Gasteiger partial charge in [0.15, 0.2) is 0 Å². The average Bonchev–Trinajstić information content (AvgIpc) is 2.40. The van der Waals surface area contributed by atoms with Crippen molar-refractivity contribution in [1.29, 1.82) is 0 Å². The molecule has 98 valence electrons. The van der Waals surface area contributed by atoms with Crippen LogP contribution in [0.25, 0.3) is 0 Å². The zero-order valence-electron chi connectivity index (χ0n) is 10.4. The van der Waals surface area contributed by atoms with Crippen LogP contribution in [0.1, 0.15) is 15.9 Å². The second-order valence-corrected chi connectivity index (χ2v) is 3.87. The van der Waals surface area contributed by atoms with Gasteiger partial charge in [0, 0.05) is 19.4 Å². The summed E-state index contributed by atoms with van der Waals surface area (Å²) in [5.74, 6) is -0.0363. The first kappa shape index (κ1) is 13.0. The number of aromatic carboxylic acids is 1. The molecule has 0 radical (unpaired) electrons.